The van der Waals surface area contributed by atoms with Gasteiger partial charge in [-0.05, 0) is 12.1 Å². The van der Waals surface area contributed by atoms with Gasteiger partial charge in [-0.15, -0.1) is 0 Å². The van der Waals surface area contributed by atoms with Crippen LogP contribution in [0.3, 0.4) is 0 Å². The predicted octanol–water partition coefficient (Wildman–Crippen LogP) is 1.80. The van der Waals surface area contributed by atoms with Gasteiger partial charge in [0.15, 0.2) is 16.5 Å². The molecule has 2 aromatic carbocycles. The number of thiol groups is 1. The first-order valence-corrected chi connectivity index (χ1v) is 6.71. The lowest BCUT2D eigenvalue weighted by molar-refractivity contribution is -0.385. The fourth-order valence-corrected chi connectivity index (χ4v) is 2.15. The van der Waals surface area contributed by atoms with E-state index < -0.39 is 27.1 Å². The Morgan fingerprint density at radius 1 is 1.05 bits per heavy atom. The number of carbonyl (C=O) groups is 1. The summed E-state index contributed by atoms with van der Waals surface area (Å²) in [7, 11) is -2.94. The molecule has 6 nitrogen and oxygen atoms in total. The molecule has 0 radical (unpaired) electrons. The topological polar surface area (TPSA) is 94.3 Å². The Labute approximate surface area is 115 Å². The maximum absolute atomic E-state index is 12.2. The highest BCUT2D eigenvalue weighted by Gasteiger charge is 2.22. The zero-order chi connectivity index (χ0) is 14.7. The molecule has 0 unspecified atom stereocenters. The van der Waals surface area contributed by atoms with Gasteiger partial charge in [-0.3, -0.25) is 14.9 Å². The van der Waals surface area contributed by atoms with E-state index in [0.717, 1.165) is 12.1 Å². The molecular weight excluding hydrogens is 282 g/mol. The van der Waals surface area contributed by atoms with Crippen LogP contribution in [0.2, 0.25) is 0 Å². The third-order valence-corrected chi connectivity index (χ3v) is 3.37. The van der Waals surface area contributed by atoms with Gasteiger partial charge in [-0.1, -0.05) is 30.3 Å². The van der Waals surface area contributed by atoms with Crippen LogP contribution in [0, 0.1) is 10.1 Å². The summed E-state index contributed by atoms with van der Waals surface area (Å²) in [5.74, 6) is -0.523. The Balaban J connectivity index is 2.57. The number of ketones is 1. The third kappa shape index (κ3) is 2.72. The lowest BCUT2D eigenvalue weighted by atomic mass is 10.0. The number of nitro groups is 1. The molecule has 0 atom stereocenters. The van der Waals surface area contributed by atoms with E-state index in [4.69, 9.17) is 0 Å². The first-order valence-electron chi connectivity index (χ1n) is 5.53. The summed E-state index contributed by atoms with van der Waals surface area (Å²) in [5, 5.41) is 11.0. The van der Waals surface area contributed by atoms with Crippen molar-refractivity contribution in [2.75, 3.05) is 0 Å². The molecule has 0 aliphatic rings. The molecule has 0 spiro atoms. The summed E-state index contributed by atoms with van der Waals surface area (Å²) in [5.41, 5.74) is -0.354. The monoisotopic (exact) mass is 291 g/mol. The highest BCUT2D eigenvalue weighted by Crippen LogP contribution is 2.23. The van der Waals surface area contributed by atoms with Crippen molar-refractivity contribution < 1.29 is 18.1 Å². The summed E-state index contributed by atoms with van der Waals surface area (Å²) in [6.45, 7) is 0. The number of benzene rings is 2. The summed E-state index contributed by atoms with van der Waals surface area (Å²) in [4.78, 5) is 22.2. The molecule has 2 aromatic rings. The van der Waals surface area contributed by atoms with E-state index in [0.29, 0.717) is 5.56 Å². The van der Waals surface area contributed by atoms with Crippen LogP contribution in [0.25, 0.3) is 0 Å². The van der Waals surface area contributed by atoms with E-state index in [-0.39, 0.29) is 10.5 Å². The van der Waals surface area contributed by atoms with Gasteiger partial charge in [-0.2, -0.15) is 0 Å². The third-order valence-electron chi connectivity index (χ3n) is 2.67. The molecule has 0 bridgehead atoms. The van der Waals surface area contributed by atoms with Crippen molar-refractivity contribution in [3.8, 4) is 0 Å². The number of rotatable bonds is 4. The van der Waals surface area contributed by atoms with Gasteiger partial charge in [0.25, 0.3) is 5.69 Å². The summed E-state index contributed by atoms with van der Waals surface area (Å²) < 4.78 is 21.7. The first kappa shape index (κ1) is 13.9. The van der Waals surface area contributed by atoms with E-state index in [1.807, 2.05) is 0 Å². The average Bonchev–Trinajstić information content (AvgIpc) is 2.46. The van der Waals surface area contributed by atoms with E-state index in [9.17, 15) is 23.3 Å². The van der Waals surface area contributed by atoms with Crippen LogP contribution in [0.1, 0.15) is 15.9 Å². The average molecular weight is 291 g/mol. The number of hydrogen-bond donors (Lipinski definition) is 1. The van der Waals surface area contributed by atoms with Crippen molar-refractivity contribution in [2.45, 2.75) is 4.90 Å². The molecule has 102 valence electrons. The molecule has 0 fully saturated rings. The van der Waals surface area contributed by atoms with Gasteiger partial charge in [0, 0.05) is 11.6 Å². The van der Waals surface area contributed by atoms with Crippen LogP contribution >= 0.6 is 0 Å². The minimum Gasteiger partial charge on any atom is -0.288 e. The van der Waals surface area contributed by atoms with Gasteiger partial charge >= 0.3 is 0 Å². The SMILES string of the molecule is O=C(c1ccccc1)c1ccc([SH](=O)=O)cc1[N+](=O)[O-]. The van der Waals surface area contributed by atoms with Crippen molar-refractivity contribution in [1.29, 1.82) is 0 Å². The van der Waals surface area contributed by atoms with Gasteiger partial charge < -0.3 is 0 Å². The molecule has 0 aromatic heterocycles. The van der Waals surface area contributed by atoms with Crippen molar-refractivity contribution in [1.82, 2.24) is 0 Å². The normalized spacial score (nSPS) is 10.4. The van der Waals surface area contributed by atoms with E-state index in [1.165, 1.54) is 18.2 Å². The summed E-state index contributed by atoms with van der Waals surface area (Å²) >= 11 is 0. The van der Waals surface area contributed by atoms with Crippen LogP contribution in [0.15, 0.2) is 53.4 Å². The van der Waals surface area contributed by atoms with E-state index >= 15 is 0 Å². The fraction of sp³-hybridized carbons (Fsp3) is 0. The minimum absolute atomic E-state index is 0.137. The molecule has 0 heterocycles. The molecule has 0 saturated heterocycles. The van der Waals surface area contributed by atoms with E-state index in [1.54, 1.807) is 18.2 Å². The molecule has 0 amide bonds. The first-order chi connectivity index (χ1) is 9.50. The van der Waals surface area contributed by atoms with Crippen LogP contribution in [0.5, 0.6) is 0 Å². The number of carbonyl (C=O) groups excluding carboxylic acids is 1. The zero-order valence-corrected chi connectivity index (χ0v) is 10.9. The van der Waals surface area contributed by atoms with Crippen molar-refractivity contribution in [2.24, 2.45) is 0 Å². The fourth-order valence-electron chi connectivity index (χ4n) is 1.72. The highest BCUT2D eigenvalue weighted by molar-refractivity contribution is 7.72. The van der Waals surface area contributed by atoms with Crippen LogP contribution in [-0.4, -0.2) is 19.1 Å². The summed E-state index contributed by atoms with van der Waals surface area (Å²) in [6, 6.07) is 11.3. The van der Waals surface area contributed by atoms with Gasteiger partial charge in [0.2, 0.25) is 0 Å². The number of hydrogen-bond acceptors (Lipinski definition) is 5. The maximum Gasteiger partial charge on any atom is 0.281 e. The maximum atomic E-state index is 12.2. The Hall–Kier alpha value is -2.54. The van der Waals surface area contributed by atoms with Crippen molar-refractivity contribution >= 4 is 22.2 Å². The standard InChI is InChI=1S/C13H9NO5S/c15-13(9-4-2-1-3-5-9)11-7-6-10(20(18)19)8-12(11)14(16)17/h1-8,20H. The molecule has 2 rings (SSSR count). The smallest absolute Gasteiger partial charge is 0.281 e. The highest BCUT2D eigenvalue weighted by atomic mass is 32.2. The lowest BCUT2D eigenvalue weighted by Crippen LogP contribution is -2.05. The number of nitrogens with zero attached hydrogens (tertiary/aromatic N) is 1. The molecule has 7 heteroatoms. The Bertz CT molecular complexity index is 745. The quantitative estimate of drug-likeness (QED) is 0.401. The molecular formula is C13H9NO5S. The second-order valence-electron chi connectivity index (χ2n) is 3.91. The van der Waals surface area contributed by atoms with Crippen molar-refractivity contribution in [3.05, 3.63) is 69.8 Å². The molecule has 20 heavy (non-hydrogen) atoms. The molecule has 0 N–H and O–H groups in total. The second-order valence-corrected chi connectivity index (χ2v) is 4.94. The van der Waals surface area contributed by atoms with Gasteiger partial charge in [0.1, 0.15) is 5.56 Å². The zero-order valence-electron chi connectivity index (χ0n) is 10.1. The predicted molar refractivity (Wildman–Crippen MR) is 71.6 cm³/mol. The lowest BCUT2D eigenvalue weighted by Gasteiger charge is -2.03. The van der Waals surface area contributed by atoms with Crippen LogP contribution in [0.4, 0.5) is 5.69 Å². The summed E-state index contributed by atoms with van der Waals surface area (Å²) in [6.07, 6.45) is 0. The second kappa shape index (κ2) is 5.62. The minimum atomic E-state index is -2.94. The largest absolute Gasteiger partial charge is 0.288 e. The Morgan fingerprint density at radius 3 is 2.25 bits per heavy atom. The number of nitro benzene ring substituents is 1. The van der Waals surface area contributed by atoms with E-state index in [2.05, 4.69) is 0 Å². The van der Waals surface area contributed by atoms with Crippen LogP contribution < -0.4 is 0 Å². The van der Waals surface area contributed by atoms with Gasteiger partial charge in [-0.25, -0.2) is 8.42 Å². The molecule has 0 saturated carbocycles. The molecule has 0 aliphatic carbocycles. The van der Waals surface area contributed by atoms with Crippen LogP contribution in [-0.2, 0) is 10.7 Å². The Kier molecular flexibility index (Phi) is 3.90. The Morgan fingerprint density at radius 2 is 1.70 bits per heavy atom. The molecule has 0 aliphatic heterocycles. The van der Waals surface area contributed by atoms with Crippen molar-refractivity contribution in [3.63, 3.8) is 0 Å². The van der Waals surface area contributed by atoms with Gasteiger partial charge in [0.05, 0.1) is 9.82 Å².